The Labute approximate surface area is 146 Å². The van der Waals surface area contributed by atoms with Crippen molar-refractivity contribution < 1.29 is 9.47 Å². The summed E-state index contributed by atoms with van der Waals surface area (Å²) in [5, 5.41) is 0. The van der Waals surface area contributed by atoms with Crippen LogP contribution in [0.3, 0.4) is 0 Å². The molecule has 0 radical (unpaired) electrons. The maximum absolute atomic E-state index is 5.99. The number of benzene rings is 1. The van der Waals surface area contributed by atoms with Gasteiger partial charge in [0.1, 0.15) is 13.2 Å². The molecule has 1 aromatic rings. The van der Waals surface area contributed by atoms with Crippen molar-refractivity contribution in [3.8, 4) is 11.5 Å². The summed E-state index contributed by atoms with van der Waals surface area (Å²) in [5.74, 6) is 2.35. The standard InChI is InChI=1S/C16H23BrN2O2.ClH/c1-11-3-2-4-19(14(11)9-18)10-12-7-15-16(8-13(12)17)21-6-5-20-15;/h7-8,11,14H,2-6,9-10,18H2,1H3;1H. The second-order valence-corrected chi connectivity index (χ2v) is 6.83. The zero-order valence-electron chi connectivity index (χ0n) is 12.9. The molecule has 0 amide bonds. The van der Waals surface area contributed by atoms with E-state index in [1.54, 1.807) is 0 Å². The van der Waals surface area contributed by atoms with E-state index in [1.807, 2.05) is 6.07 Å². The third-order valence-electron chi connectivity index (χ3n) is 4.56. The Morgan fingerprint density at radius 2 is 1.95 bits per heavy atom. The topological polar surface area (TPSA) is 47.7 Å². The molecule has 0 spiro atoms. The van der Waals surface area contributed by atoms with Gasteiger partial charge in [-0.25, -0.2) is 0 Å². The second kappa shape index (κ2) is 7.86. The van der Waals surface area contributed by atoms with Crippen LogP contribution >= 0.6 is 28.3 Å². The minimum absolute atomic E-state index is 0. The van der Waals surface area contributed by atoms with Crippen LogP contribution in [-0.2, 0) is 6.54 Å². The highest BCUT2D eigenvalue weighted by atomic mass is 79.9. The molecule has 0 aromatic heterocycles. The first kappa shape index (κ1) is 17.9. The summed E-state index contributed by atoms with van der Waals surface area (Å²) in [6, 6.07) is 4.60. The fourth-order valence-electron chi connectivity index (χ4n) is 3.36. The van der Waals surface area contributed by atoms with E-state index in [2.05, 4.69) is 33.8 Å². The number of hydrogen-bond acceptors (Lipinski definition) is 4. The van der Waals surface area contributed by atoms with Crippen molar-refractivity contribution in [3.05, 3.63) is 22.2 Å². The molecule has 2 aliphatic rings. The summed E-state index contributed by atoms with van der Waals surface area (Å²) >= 11 is 3.67. The molecular weight excluding hydrogens is 368 g/mol. The number of ether oxygens (including phenoxy) is 2. The molecule has 2 heterocycles. The number of likely N-dealkylation sites (tertiary alicyclic amines) is 1. The summed E-state index contributed by atoms with van der Waals surface area (Å²) in [6.45, 7) is 6.31. The maximum atomic E-state index is 5.99. The van der Waals surface area contributed by atoms with E-state index in [9.17, 15) is 0 Å². The van der Waals surface area contributed by atoms with Crippen LogP contribution in [-0.4, -0.2) is 37.2 Å². The smallest absolute Gasteiger partial charge is 0.162 e. The van der Waals surface area contributed by atoms with E-state index < -0.39 is 0 Å². The first-order valence-corrected chi connectivity index (χ1v) is 8.50. The summed E-state index contributed by atoms with van der Waals surface area (Å²) in [6.07, 6.45) is 2.53. The Hall–Kier alpha value is -0.490. The van der Waals surface area contributed by atoms with Crippen LogP contribution in [0.4, 0.5) is 0 Å². The number of hydrogen-bond donors (Lipinski definition) is 1. The molecule has 1 fully saturated rings. The Morgan fingerprint density at radius 3 is 2.64 bits per heavy atom. The van der Waals surface area contributed by atoms with E-state index in [0.717, 1.165) is 35.6 Å². The first-order valence-electron chi connectivity index (χ1n) is 7.71. The largest absolute Gasteiger partial charge is 0.486 e. The van der Waals surface area contributed by atoms with Gasteiger partial charge in [-0.15, -0.1) is 12.4 Å². The molecule has 2 atom stereocenters. The fraction of sp³-hybridized carbons (Fsp3) is 0.625. The lowest BCUT2D eigenvalue weighted by Gasteiger charge is -2.39. The fourth-order valence-corrected chi connectivity index (χ4v) is 3.81. The van der Waals surface area contributed by atoms with Gasteiger partial charge in [0.15, 0.2) is 11.5 Å². The van der Waals surface area contributed by atoms with Gasteiger partial charge in [0.2, 0.25) is 0 Å². The molecule has 4 nitrogen and oxygen atoms in total. The van der Waals surface area contributed by atoms with Gasteiger partial charge in [-0.1, -0.05) is 22.9 Å². The first-order chi connectivity index (χ1) is 10.2. The molecule has 22 heavy (non-hydrogen) atoms. The third kappa shape index (κ3) is 3.70. The summed E-state index contributed by atoms with van der Waals surface area (Å²) < 4.78 is 12.4. The monoisotopic (exact) mass is 390 g/mol. The molecule has 3 rings (SSSR count). The highest BCUT2D eigenvalue weighted by Gasteiger charge is 2.28. The predicted molar refractivity (Wildman–Crippen MR) is 94.0 cm³/mol. The van der Waals surface area contributed by atoms with E-state index in [0.29, 0.717) is 25.2 Å². The van der Waals surface area contributed by atoms with Crippen LogP contribution in [0.25, 0.3) is 0 Å². The summed E-state index contributed by atoms with van der Waals surface area (Å²) in [7, 11) is 0. The van der Waals surface area contributed by atoms with Crippen LogP contribution in [0.15, 0.2) is 16.6 Å². The van der Waals surface area contributed by atoms with Gasteiger partial charge in [0, 0.05) is 23.6 Å². The Bertz CT molecular complexity index is 515. The quantitative estimate of drug-likeness (QED) is 0.859. The minimum atomic E-state index is 0. The molecule has 0 saturated carbocycles. The zero-order valence-corrected chi connectivity index (χ0v) is 15.3. The number of nitrogens with two attached hydrogens (primary N) is 1. The molecule has 2 aliphatic heterocycles. The Balaban J connectivity index is 0.00000176. The van der Waals surface area contributed by atoms with Gasteiger partial charge in [-0.05, 0) is 43.0 Å². The molecule has 2 unspecified atom stereocenters. The second-order valence-electron chi connectivity index (χ2n) is 5.98. The van der Waals surface area contributed by atoms with Crippen molar-refractivity contribution >= 4 is 28.3 Å². The summed E-state index contributed by atoms with van der Waals surface area (Å²) in [4.78, 5) is 2.50. The minimum Gasteiger partial charge on any atom is -0.486 e. The molecular formula is C16H24BrClN2O2. The van der Waals surface area contributed by atoms with Gasteiger partial charge in [-0.2, -0.15) is 0 Å². The van der Waals surface area contributed by atoms with Crippen molar-refractivity contribution in [1.82, 2.24) is 4.90 Å². The van der Waals surface area contributed by atoms with Crippen molar-refractivity contribution in [2.75, 3.05) is 26.3 Å². The summed E-state index contributed by atoms with van der Waals surface area (Å²) in [5.41, 5.74) is 7.23. The highest BCUT2D eigenvalue weighted by molar-refractivity contribution is 9.10. The van der Waals surface area contributed by atoms with Crippen LogP contribution in [0.2, 0.25) is 0 Å². The van der Waals surface area contributed by atoms with Crippen LogP contribution in [0, 0.1) is 5.92 Å². The van der Waals surface area contributed by atoms with E-state index >= 15 is 0 Å². The molecule has 2 N–H and O–H groups in total. The van der Waals surface area contributed by atoms with Crippen molar-refractivity contribution in [1.29, 1.82) is 0 Å². The highest BCUT2D eigenvalue weighted by Crippen LogP contribution is 2.36. The number of rotatable bonds is 3. The van der Waals surface area contributed by atoms with Gasteiger partial charge >= 0.3 is 0 Å². The molecule has 6 heteroatoms. The van der Waals surface area contributed by atoms with Gasteiger partial charge in [0.25, 0.3) is 0 Å². The van der Waals surface area contributed by atoms with E-state index in [1.165, 1.54) is 18.4 Å². The number of halogens is 2. The van der Waals surface area contributed by atoms with Crippen molar-refractivity contribution in [2.24, 2.45) is 11.7 Å². The Kier molecular flexibility index (Phi) is 6.38. The predicted octanol–water partition coefficient (Wildman–Crippen LogP) is 3.20. The molecule has 1 saturated heterocycles. The van der Waals surface area contributed by atoms with Crippen molar-refractivity contribution in [2.45, 2.75) is 32.4 Å². The number of fused-ring (bicyclic) bond motifs is 1. The normalized spacial score (nSPS) is 24.7. The van der Waals surface area contributed by atoms with E-state index in [-0.39, 0.29) is 12.4 Å². The molecule has 0 aliphatic carbocycles. The van der Waals surface area contributed by atoms with Crippen LogP contribution in [0.5, 0.6) is 11.5 Å². The number of nitrogens with zero attached hydrogens (tertiary/aromatic N) is 1. The lowest BCUT2D eigenvalue weighted by Crippen LogP contribution is -2.48. The molecule has 1 aromatic carbocycles. The SMILES string of the molecule is CC1CCCN(Cc2cc3c(cc2Br)OCCO3)C1CN.Cl. The Morgan fingerprint density at radius 1 is 1.27 bits per heavy atom. The van der Waals surface area contributed by atoms with Gasteiger partial charge in [-0.3, -0.25) is 4.90 Å². The average Bonchev–Trinajstić information content (AvgIpc) is 2.48. The molecule has 124 valence electrons. The lowest BCUT2D eigenvalue weighted by molar-refractivity contribution is 0.0985. The lowest BCUT2D eigenvalue weighted by atomic mass is 9.90. The van der Waals surface area contributed by atoms with Crippen molar-refractivity contribution in [3.63, 3.8) is 0 Å². The third-order valence-corrected chi connectivity index (χ3v) is 5.30. The van der Waals surface area contributed by atoms with Crippen LogP contribution in [0.1, 0.15) is 25.3 Å². The zero-order chi connectivity index (χ0) is 14.8. The number of piperidine rings is 1. The van der Waals surface area contributed by atoms with Gasteiger partial charge < -0.3 is 15.2 Å². The van der Waals surface area contributed by atoms with Crippen LogP contribution < -0.4 is 15.2 Å². The average molecular weight is 392 g/mol. The molecule has 0 bridgehead atoms. The van der Waals surface area contributed by atoms with Gasteiger partial charge in [0.05, 0.1) is 0 Å². The maximum Gasteiger partial charge on any atom is 0.162 e. The van der Waals surface area contributed by atoms with E-state index in [4.69, 9.17) is 15.2 Å².